The summed E-state index contributed by atoms with van der Waals surface area (Å²) < 4.78 is 11.3. The summed E-state index contributed by atoms with van der Waals surface area (Å²) >= 11 is 0. The highest BCUT2D eigenvalue weighted by Crippen LogP contribution is 2.32. The summed E-state index contributed by atoms with van der Waals surface area (Å²) in [6.07, 6.45) is 18.7. The van der Waals surface area contributed by atoms with Gasteiger partial charge in [-0.15, -0.1) is 5.11 Å². The van der Waals surface area contributed by atoms with E-state index < -0.39 is 5.97 Å². The number of rotatable bonds is 20. The van der Waals surface area contributed by atoms with Crippen molar-refractivity contribution in [1.82, 2.24) is 0 Å². The van der Waals surface area contributed by atoms with E-state index >= 15 is 0 Å². The van der Waals surface area contributed by atoms with Crippen LogP contribution in [0.4, 0.5) is 11.4 Å². The summed E-state index contributed by atoms with van der Waals surface area (Å²) in [5, 5.41) is 18.5. The number of aromatic hydroxyl groups is 1. The summed E-state index contributed by atoms with van der Waals surface area (Å²) in [5.74, 6) is 0.331. The molecule has 3 aromatic carbocycles. The van der Waals surface area contributed by atoms with Gasteiger partial charge in [0.25, 0.3) is 0 Å². The van der Waals surface area contributed by atoms with Crippen LogP contribution in [-0.2, 0) is 0 Å². The summed E-state index contributed by atoms with van der Waals surface area (Å²) in [5.41, 5.74) is 2.50. The van der Waals surface area contributed by atoms with Gasteiger partial charge in [0.2, 0.25) is 0 Å². The summed E-state index contributed by atoms with van der Waals surface area (Å²) in [6.45, 7) is 4.94. The Bertz CT molecular complexity index is 1210. The molecule has 0 radical (unpaired) electrons. The lowest BCUT2D eigenvalue weighted by Gasteiger charge is -2.08. The average molecular weight is 573 g/mol. The van der Waals surface area contributed by atoms with Crippen LogP contribution >= 0.6 is 0 Å². The molecule has 0 saturated heterocycles. The third-order valence-electron chi connectivity index (χ3n) is 7.32. The van der Waals surface area contributed by atoms with E-state index in [4.69, 9.17) is 9.47 Å². The zero-order valence-corrected chi connectivity index (χ0v) is 25.5. The normalized spacial score (nSPS) is 11.2. The number of nitrogens with zero attached hydrogens (tertiary/aromatic N) is 2. The van der Waals surface area contributed by atoms with E-state index in [0.29, 0.717) is 17.9 Å². The minimum Gasteiger partial charge on any atom is -0.505 e. The van der Waals surface area contributed by atoms with Crippen LogP contribution in [0.25, 0.3) is 0 Å². The number of unbranched alkanes of at least 4 members (excludes halogenated alkanes) is 13. The highest BCUT2D eigenvalue weighted by Gasteiger charge is 2.11. The van der Waals surface area contributed by atoms with Gasteiger partial charge >= 0.3 is 5.97 Å². The van der Waals surface area contributed by atoms with Crippen LogP contribution in [0.2, 0.25) is 0 Å². The van der Waals surface area contributed by atoms with Crippen molar-refractivity contribution in [2.75, 3.05) is 6.61 Å². The van der Waals surface area contributed by atoms with Gasteiger partial charge in [0.1, 0.15) is 22.9 Å². The minimum atomic E-state index is -0.512. The van der Waals surface area contributed by atoms with Gasteiger partial charge in [0.05, 0.1) is 17.9 Å². The maximum atomic E-state index is 12.6. The second kappa shape index (κ2) is 19.5. The quantitative estimate of drug-likeness (QED) is 0.0632. The van der Waals surface area contributed by atoms with E-state index in [1.54, 1.807) is 36.4 Å². The Hall–Kier alpha value is -3.67. The van der Waals surface area contributed by atoms with Crippen molar-refractivity contribution in [3.8, 4) is 17.2 Å². The van der Waals surface area contributed by atoms with E-state index in [0.717, 1.165) is 17.7 Å². The first kappa shape index (κ1) is 32.8. The van der Waals surface area contributed by atoms with Crippen LogP contribution in [0, 0.1) is 6.92 Å². The smallest absolute Gasteiger partial charge is 0.343 e. The number of carbonyl (C=O) groups is 1. The number of hydrogen-bond acceptors (Lipinski definition) is 6. The molecule has 42 heavy (non-hydrogen) atoms. The second-order valence-corrected chi connectivity index (χ2v) is 11.0. The molecular formula is C36H48N2O4. The molecule has 0 unspecified atom stereocenters. The predicted molar refractivity (Wildman–Crippen MR) is 171 cm³/mol. The number of phenols is 1. The van der Waals surface area contributed by atoms with Crippen LogP contribution in [0.5, 0.6) is 17.2 Å². The molecule has 3 aromatic rings. The van der Waals surface area contributed by atoms with Gasteiger partial charge in [-0.2, -0.15) is 5.11 Å². The molecule has 0 fully saturated rings. The Morgan fingerprint density at radius 1 is 0.667 bits per heavy atom. The van der Waals surface area contributed by atoms with Gasteiger partial charge in [-0.3, -0.25) is 0 Å². The maximum Gasteiger partial charge on any atom is 0.343 e. The van der Waals surface area contributed by atoms with Gasteiger partial charge in [-0.1, -0.05) is 108 Å². The van der Waals surface area contributed by atoms with E-state index in [1.165, 1.54) is 89.5 Å². The van der Waals surface area contributed by atoms with Crippen molar-refractivity contribution in [2.24, 2.45) is 10.2 Å². The molecule has 6 heteroatoms. The van der Waals surface area contributed by atoms with Crippen LogP contribution in [0.1, 0.15) is 113 Å². The molecule has 0 aromatic heterocycles. The molecule has 0 aliphatic heterocycles. The van der Waals surface area contributed by atoms with Crippen molar-refractivity contribution in [3.63, 3.8) is 0 Å². The molecular weight excluding hydrogens is 524 g/mol. The first-order valence-electron chi connectivity index (χ1n) is 15.8. The zero-order valence-electron chi connectivity index (χ0n) is 25.5. The van der Waals surface area contributed by atoms with Crippen molar-refractivity contribution in [2.45, 2.75) is 104 Å². The number of carbonyl (C=O) groups excluding carboxylic acids is 1. The fourth-order valence-corrected chi connectivity index (χ4v) is 4.71. The molecule has 0 heterocycles. The minimum absolute atomic E-state index is 0.122. The molecule has 0 aliphatic rings. The highest BCUT2D eigenvalue weighted by molar-refractivity contribution is 5.91. The van der Waals surface area contributed by atoms with E-state index in [1.807, 2.05) is 31.2 Å². The van der Waals surface area contributed by atoms with Crippen molar-refractivity contribution in [3.05, 3.63) is 77.9 Å². The maximum absolute atomic E-state index is 12.6. The standard InChI is InChI=1S/C36H48N2O4/c1-3-4-5-6-7-8-9-10-11-12-13-14-15-16-27-41-32-23-19-30(20-24-32)36(40)42-33-25-26-34(35(39)28-33)38-37-31-21-17-29(2)18-22-31/h17-26,28,39H,3-16,27H2,1-2H3. The number of hydrogen-bond donors (Lipinski definition) is 1. The molecule has 0 bridgehead atoms. The van der Waals surface area contributed by atoms with Gasteiger partial charge in [-0.05, 0) is 61.9 Å². The van der Waals surface area contributed by atoms with Crippen LogP contribution in [0.15, 0.2) is 77.0 Å². The second-order valence-electron chi connectivity index (χ2n) is 11.0. The first-order chi connectivity index (χ1) is 20.5. The van der Waals surface area contributed by atoms with E-state index in [-0.39, 0.29) is 17.2 Å². The monoisotopic (exact) mass is 572 g/mol. The predicted octanol–water partition coefficient (Wildman–Crippen LogP) is 11.2. The van der Waals surface area contributed by atoms with Crippen molar-refractivity contribution < 1.29 is 19.4 Å². The number of benzene rings is 3. The molecule has 6 nitrogen and oxygen atoms in total. The molecule has 0 spiro atoms. The fourth-order valence-electron chi connectivity index (χ4n) is 4.71. The van der Waals surface area contributed by atoms with Crippen LogP contribution < -0.4 is 9.47 Å². The molecule has 0 aliphatic carbocycles. The molecule has 226 valence electrons. The summed E-state index contributed by atoms with van der Waals surface area (Å²) in [7, 11) is 0. The topological polar surface area (TPSA) is 80.5 Å². The number of esters is 1. The third-order valence-corrected chi connectivity index (χ3v) is 7.32. The van der Waals surface area contributed by atoms with E-state index in [9.17, 15) is 9.90 Å². The molecule has 0 atom stereocenters. The lowest BCUT2D eigenvalue weighted by atomic mass is 10.0. The lowest BCUT2D eigenvalue weighted by Crippen LogP contribution is -2.08. The Morgan fingerprint density at radius 2 is 1.21 bits per heavy atom. The average Bonchev–Trinajstić information content (AvgIpc) is 3.00. The van der Waals surface area contributed by atoms with Gasteiger partial charge < -0.3 is 14.6 Å². The van der Waals surface area contributed by atoms with Gasteiger partial charge in [0.15, 0.2) is 0 Å². The summed E-state index contributed by atoms with van der Waals surface area (Å²) in [6, 6.07) is 19.0. The molecule has 1 N–H and O–H groups in total. The molecule has 3 rings (SSSR count). The summed E-state index contributed by atoms with van der Waals surface area (Å²) in [4.78, 5) is 12.6. The third kappa shape index (κ3) is 12.9. The fraction of sp³-hybridized carbons (Fsp3) is 0.472. The lowest BCUT2D eigenvalue weighted by molar-refractivity contribution is 0.0734. The Balaban J connectivity index is 1.27. The van der Waals surface area contributed by atoms with E-state index in [2.05, 4.69) is 17.2 Å². The van der Waals surface area contributed by atoms with Crippen LogP contribution in [-0.4, -0.2) is 17.7 Å². The van der Waals surface area contributed by atoms with Crippen molar-refractivity contribution in [1.29, 1.82) is 0 Å². The number of ether oxygens (including phenoxy) is 2. The number of phenolic OH excluding ortho intramolecular Hbond substituents is 1. The highest BCUT2D eigenvalue weighted by atomic mass is 16.5. The Morgan fingerprint density at radius 3 is 1.79 bits per heavy atom. The molecule has 0 saturated carbocycles. The van der Waals surface area contributed by atoms with Gasteiger partial charge in [-0.25, -0.2) is 4.79 Å². The Labute approximate surface area is 252 Å². The Kier molecular flexibility index (Phi) is 15.2. The number of aryl methyl sites for hydroxylation is 1. The van der Waals surface area contributed by atoms with Crippen molar-refractivity contribution >= 4 is 17.3 Å². The van der Waals surface area contributed by atoms with Crippen LogP contribution in [0.3, 0.4) is 0 Å². The number of azo groups is 1. The first-order valence-corrected chi connectivity index (χ1v) is 15.8. The molecule has 0 amide bonds. The largest absolute Gasteiger partial charge is 0.505 e. The van der Waals surface area contributed by atoms with Gasteiger partial charge in [0, 0.05) is 6.07 Å². The SMILES string of the molecule is CCCCCCCCCCCCCCCCOc1ccc(C(=O)Oc2ccc(N=Nc3ccc(C)cc3)c(O)c2)cc1. The zero-order chi connectivity index (χ0) is 29.8.